The van der Waals surface area contributed by atoms with Crippen LogP contribution in [0.15, 0.2) is 85.2 Å². The number of nitrogens with one attached hydrogen (secondary N) is 2. The van der Waals surface area contributed by atoms with Gasteiger partial charge in [0.15, 0.2) is 5.78 Å². The van der Waals surface area contributed by atoms with E-state index in [-0.39, 0.29) is 18.1 Å². The van der Waals surface area contributed by atoms with Crippen molar-refractivity contribution < 1.29 is 9.59 Å². The van der Waals surface area contributed by atoms with E-state index >= 15 is 0 Å². The number of H-pyrrole nitrogens is 1. The molecule has 5 aromatic rings. The van der Waals surface area contributed by atoms with Crippen molar-refractivity contribution in [2.45, 2.75) is 19.3 Å². The molecule has 3 heterocycles. The van der Waals surface area contributed by atoms with Crippen LogP contribution in [-0.2, 0) is 6.42 Å². The molecule has 1 saturated heterocycles. The van der Waals surface area contributed by atoms with Crippen molar-refractivity contribution in [1.82, 2.24) is 19.9 Å². The van der Waals surface area contributed by atoms with E-state index in [1.807, 2.05) is 60.7 Å². The van der Waals surface area contributed by atoms with Crippen LogP contribution in [0.4, 0.5) is 11.6 Å². The molecule has 188 valence electrons. The third-order valence-electron chi connectivity index (χ3n) is 6.71. The molecule has 1 aliphatic heterocycles. The number of hydrogen-bond acceptors (Lipinski definition) is 6. The molecule has 8 nitrogen and oxygen atoms in total. The normalized spacial score (nSPS) is 13.1. The van der Waals surface area contributed by atoms with Gasteiger partial charge in [0.2, 0.25) is 5.95 Å². The van der Waals surface area contributed by atoms with Crippen LogP contribution in [0.5, 0.6) is 0 Å². The summed E-state index contributed by atoms with van der Waals surface area (Å²) in [6.45, 7) is 1.93. The Labute approximate surface area is 219 Å². The summed E-state index contributed by atoms with van der Waals surface area (Å²) in [6.07, 6.45) is 5.80. The summed E-state index contributed by atoms with van der Waals surface area (Å²) >= 11 is 0. The van der Waals surface area contributed by atoms with E-state index in [0.717, 1.165) is 53.8 Å². The quantitative estimate of drug-likeness (QED) is 0.293. The third kappa shape index (κ3) is 5.01. The van der Waals surface area contributed by atoms with E-state index in [0.29, 0.717) is 22.9 Å². The van der Waals surface area contributed by atoms with Crippen molar-refractivity contribution in [2.75, 3.05) is 23.3 Å². The SMILES string of the molecule is O=C(Cc1ccc2nc(-c3ccc(C(=O)Nc4ccccc4)cc3)[nH]c2c1)c1cnc(N2CCCC2)nc1. The lowest BCUT2D eigenvalue weighted by atomic mass is 10.0. The Morgan fingerprint density at radius 3 is 2.34 bits per heavy atom. The molecule has 3 aromatic carbocycles. The van der Waals surface area contributed by atoms with Gasteiger partial charge < -0.3 is 15.2 Å². The molecule has 2 aromatic heterocycles. The molecule has 1 aliphatic rings. The molecule has 1 fully saturated rings. The second kappa shape index (κ2) is 10.3. The Morgan fingerprint density at radius 1 is 0.868 bits per heavy atom. The van der Waals surface area contributed by atoms with Crippen molar-refractivity contribution >= 4 is 34.4 Å². The van der Waals surface area contributed by atoms with Gasteiger partial charge in [0.25, 0.3) is 5.91 Å². The molecular weight excluding hydrogens is 476 g/mol. The zero-order valence-corrected chi connectivity index (χ0v) is 20.7. The molecule has 0 bridgehead atoms. The van der Waals surface area contributed by atoms with Gasteiger partial charge in [0.05, 0.1) is 16.6 Å². The third-order valence-corrected chi connectivity index (χ3v) is 6.71. The fourth-order valence-electron chi connectivity index (χ4n) is 4.64. The first-order chi connectivity index (χ1) is 18.6. The lowest BCUT2D eigenvalue weighted by Crippen LogP contribution is -2.20. The molecule has 0 radical (unpaired) electrons. The second-order valence-corrected chi connectivity index (χ2v) is 9.40. The summed E-state index contributed by atoms with van der Waals surface area (Å²) in [5, 5.41) is 2.89. The number of imidazole rings is 1. The summed E-state index contributed by atoms with van der Waals surface area (Å²) in [4.78, 5) is 44.4. The van der Waals surface area contributed by atoms with Gasteiger partial charge in [-0.3, -0.25) is 9.59 Å². The predicted molar refractivity (Wildman–Crippen MR) is 147 cm³/mol. The number of rotatable bonds is 7. The maximum atomic E-state index is 12.9. The molecule has 8 heteroatoms. The molecular formula is C30H26N6O2. The molecule has 2 N–H and O–H groups in total. The first kappa shape index (κ1) is 23.5. The van der Waals surface area contributed by atoms with Gasteiger partial charge in [-0.05, 0) is 54.8 Å². The highest BCUT2D eigenvalue weighted by Gasteiger charge is 2.16. The highest BCUT2D eigenvalue weighted by atomic mass is 16.1. The number of carbonyl (C=O) groups excluding carboxylic acids is 2. The predicted octanol–water partition coefficient (Wildman–Crippen LogP) is 5.30. The molecule has 38 heavy (non-hydrogen) atoms. The van der Waals surface area contributed by atoms with Crippen molar-refractivity contribution in [1.29, 1.82) is 0 Å². The second-order valence-electron chi connectivity index (χ2n) is 9.40. The minimum Gasteiger partial charge on any atom is -0.341 e. The van der Waals surface area contributed by atoms with Crippen LogP contribution < -0.4 is 10.2 Å². The fourth-order valence-corrected chi connectivity index (χ4v) is 4.64. The lowest BCUT2D eigenvalue weighted by molar-refractivity contribution is 0.0990. The molecule has 0 spiro atoms. The average Bonchev–Trinajstić information content (AvgIpc) is 3.64. The van der Waals surface area contributed by atoms with Gasteiger partial charge in [-0.25, -0.2) is 15.0 Å². The van der Waals surface area contributed by atoms with Gasteiger partial charge in [-0.1, -0.05) is 36.4 Å². The Kier molecular flexibility index (Phi) is 6.35. The van der Waals surface area contributed by atoms with Crippen LogP contribution >= 0.6 is 0 Å². The number of hydrogen-bond donors (Lipinski definition) is 2. The van der Waals surface area contributed by atoms with Crippen molar-refractivity contribution in [2.24, 2.45) is 0 Å². The Morgan fingerprint density at radius 2 is 1.61 bits per heavy atom. The van der Waals surface area contributed by atoms with Crippen molar-refractivity contribution in [3.05, 3.63) is 102 Å². The summed E-state index contributed by atoms with van der Waals surface area (Å²) in [5.41, 5.74) is 5.22. The number of para-hydroxylation sites is 1. The highest BCUT2D eigenvalue weighted by Crippen LogP contribution is 2.23. The first-order valence-corrected chi connectivity index (χ1v) is 12.7. The smallest absolute Gasteiger partial charge is 0.255 e. The Balaban J connectivity index is 1.14. The highest BCUT2D eigenvalue weighted by molar-refractivity contribution is 6.04. The van der Waals surface area contributed by atoms with Gasteiger partial charge >= 0.3 is 0 Å². The van der Waals surface area contributed by atoms with Gasteiger partial charge in [0.1, 0.15) is 5.82 Å². The van der Waals surface area contributed by atoms with Gasteiger partial charge in [0, 0.05) is 48.7 Å². The van der Waals surface area contributed by atoms with Crippen LogP contribution in [0, 0.1) is 0 Å². The van der Waals surface area contributed by atoms with E-state index in [2.05, 4.69) is 30.2 Å². The zero-order valence-electron chi connectivity index (χ0n) is 20.7. The monoisotopic (exact) mass is 502 g/mol. The average molecular weight is 503 g/mol. The van der Waals surface area contributed by atoms with Crippen molar-refractivity contribution in [3.63, 3.8) is 0 Å². The molecule has 0 unspecified atom stereocenters. The number of fused-ring (bicyclic) bond motifs is 1. The van der Waals surface area contributed by atoms with E-state index in [4.69, 9.17) is 0 Å². The Hall–Kier alpha value is -4.85. The van der Waals surface area contributed by atoms with Crippen LogP contribution in [0.1, 0.15) is 39.1 Å². The minimum absolute atomic E-state index is 0.0265. The number of ketones is 1. The number of benzene rings is 3. The van der Waals surface area contributed by atoms with Crippen LogP contribution in [0.25, 0.3) is 22.4 Å². The first-order valence-electron chi connectivity index (χ1n) is 12.7. The zero-order chi connectivity index (χ0) is 25.9. The largest absolute Gasteiger partial charge is 0.341 e. The number of carbonyl (C=O) groups is 2. The Bertz CT molecular complexity index is 1590. The van der Waals surface area contributed by atoms with Crippen LogP contribution in [-0.4, -0.2) is 44.7 Å². The fraction of sp³-hybridized carbons (Fsp3) is 0.167. The standard InChI is InChI=1S/C30H26N6O2/c37-27(23-18-31-30(32-19-23)36-14-4-5-15-36)17-20-8-13-25-26(16-20)35-28(34-25)21-9-11-22(12-10-21)29(38)33-24-6-2-1-3-7-24/h1-3,6-13,16,18-19H,4-5,14-15,17H2,(H,33,38)(H,34,35). The van der Waals surface area contributed by atoms with Crippen LogP contribution in [0.3, 0.4) is 0 Å². The number of anilines is 2. The number of Topliss-reactive ketones (excluding diaryl/α,β-unsaturated/α-hetero) is 1. The summed E-state index contributed by atoms with van der Waals surface area (Å²) in [7, 11) is 0. The molecule has 0 atom stereocenters. The van der Waals surface area contributed by atoms with Crippen LogP contribution in [0.2, 0.25) is 0 Å². The molecule has 1 amide bonds. The van der Waals surface area contributed by atoms with Gasteiger partial charge in [-0.2, -0.15) is 0 Å². The number of nitrogens with zero attached hydrogens (tertiary/aromatic N) is 4. The van der Waals surface area contributed by atoms with E-state index in [1.165, 1.54) is 0 Å². The van der Waals surface area contributed by atoms with E-state index < -0.39 is 0 Å². The maximum Gasteiger partial charge on any atom is 0.255 e. The summed E-state index contributed by atoms with van der Waals surface area (Å²) < 4.78 is 0. The molecule has 6 rings (SSSR count). The van der Waals surface area contributed by atoms with E-state index in [1.54, 1.807) is 24.5 Å². The number of aromatic nitrogens is 4. The van der Waals surface area contributed by atoms with E-state index in [9.17, 15) is 9.59 Å². The summed E-state index contributed by atoms with van der Waals surface area (Å²) in [6, 6.07) is 22.4. The maximum absolute atomic E-state index is 12.9. The van der Waals surface area contributed by atoms with Gasteiger partial charge in [-0.15, -0.1) is 0 Å². The number of aromatic amines is 1. The molecule has 0 aliphatic carbocycles. The summed E-state index contributed by atoms with van der Waals surface area (Å²) in [5.74, 6) is 1.19. The minimum atomic E-state index is -0.169. The number of amides is 1. The van der Waals surface area contributed by atoms with Crippen molar-refractivity contribution in [3.8, 4) is 11.4 Å². The lowest BCUT2D eigenvalue weighted by Gasteiger charge is -2.14. The molecule has 0 saturated carbocycles. The topological polar surface area (TPSA) is 104 Å².